The van der Waals surface area contributed by atoms with E-state index in [-0.39, 0.29) is 5.92 Å². The zero-order valence-corrected chi connectivity index (χ0v) is 23.1. The molecule has 8 rings (SSSR count). The highest BCUT2D eigenvalue weighted by molar-refractivity contribution is 6.23. The normalized spacial score (nSPS) is 13.2. The maximum absolute atomic E-state index is 4.98. The first-order valence-corrected chi connectivity index (χ1v) is 14.2. The number of aromatic nitrogens is 6. The van der Waals surface area contributed by atoms with Crippen LogP contribution in [0.5, 0.6) is 0 Å². The van der Waals surface area contributed by atoms with Crippen molar-refractivity contribution in [2.75, 3.05) is 0 Å². The number of aryl methyl sites for hydroxylation is 2. The van der Waals surface area contributed by atoms with Crippen molar-refractivity contribution in [3.63, 3.8) is 0 Å². The number of benzene rings is 4. The monoisotopic (exact) mass is 522 g/mol. The molecule has 0 fully saturated rings. The number of aromatic amines is 2. The number of fused-ring (bicyclic) bond motifs is 11. The van der Waals surface area contributed by atoms with Crippen molar-refractivity contribution in [1.29, 1.82) is 0 Å². The minimum Gasteiger partial charge on any atom is -0.345 e. The third kappa shape index (κ3) is 3.35. The lowest BCUT2D eigenvalue weighted by atomic mass is 9.87. The number of hydrogen-bond donors (Lipinski definition) is 2. The lowest BCUT2D eigenvalue weighted by Crippen LogP contribution is -2.04. The quantitative estimate of drug-likeness (QED) is 0.229. The van der Waals surface area contributed by atoms with E-state index in [0.29, 0.717) is 5.92 Å². The molecule has 4 aromatic carbocycles. The first-order valence-electron chi connectivity index (χ1n) is 14.2. The Bertz CT molecular complexity index is 2130. The molecule has 6 heteroatoms. The maximum Gasteiger partial charge on any atom is 0.132 e. The van der Waals surface area contributed by atoms with Gasteiger partial charge in [-0.15, -0.1) is 0 Å². The summed E-state index contributed by atoms with van der Waals surface area (Å²) in [5.74, 6) is 2.61. The summed E-state index contributed by atoms with van der Waals surface area (Å²) in [5.41, 5.74) is 9.35. The summed E-state index contributed by atoms with van der Waals surface area (Å²) < 4.78 is 0. The zero-order chi connectivity index (χ0) is 27.1. The van der Waals surface area contributed by atoms with E-state index in [4.69, 9.17) is 15.0 Å². The van der Waals surface area contributed by atoms with Crippen molar-refractivity contribution in [1.82, 2.24) is 30.1 Å². The first-order chi connectivity index (χ1) is 19.5. The van der Waals surface area contributed by atoms with Crippen LogP contribution in [-0.2, 0) is 12.8 Å². The summed E-state index contributed by atoms with van der Waals surface area (Å²) in [4.78, 5) is 18.4. The number of imidazole rings is 2. The predicted octanol–water partition coefficient (Wildman–Crippen LogP) is 8.22. The molecule has 1 aliphatic carbocycles. The topological polar surface area (TPSA) is 83.1 Å². The second kappa shape index (κ2) is 8.46. The van der Waals surface area contributed by atoms with Gasteiger partial charge in [-0.1, -0.05) is 64.1 Å². The fraction of sp³-hybridized carbons (Fsp3) is 0.235. The maximum atomic E-state index is 4.98. The van der Waals surface area contributed by atoms with Gasteiger partial charge in [-0.05, 0) is 57.8 Å². The van der Waals surface area contributed by atoms with Crippen molar-refractivity contribution in [3.05, 3.63) is 83.8 Å². The van der Waals surface area contributed by atoms with Gasteiger partial charge in [0.1, 0.15) is 17.2 Å². The van der Waals surface area contributed by atoms with Gasteiger partial charge in [0.05, 0.1) is 17.4 Å². The van der Waals surface area contributed by atoms with Crippen molar-refractivity contribution >= 4 is 43.4 Å². The molecular weight excluding hydrogens is 492 g/mol. The van der Waals surface area contributed by atoms with Crippen molar-refractivity contribution < 1.29 is 0 Å². The number of hydrogen-bond acceptors (Lipinski definition) is 4. The summed E-state index contributed by atoms with van der Waals surface area (Å²) in [6, 6.07) is 18.1. The highest BCUT2D eigenvalue weighted by atomic mass is 15.1. The lowest BCUT2D eigenvalue weighted by molar-refractivity contribution is 0.787. The van der Waals surface area contributed by atoms with Crippen LogP contribution in [0, 0.1) is 0 Å². The average Bonchev–Trinajstić information content (AvgIpc) is 3.63. The zero-order valence-electron chi connectivity index (χ0n) is 23.1. The number of nitrogens with zero attached hydrogens (tertiary/aromatic N) is 4. The predicted molar refractivity (Wildman–Crippen MR) is 163 cm³/mol. The van der Waals surface area contributed by atoms with E-state index in [2.05, 4.69) is 91.4 Å². The van der Waals surface area contributed by atoms with Crippen LogP contribution in [0.3, 0.4) is 0 Å². The van der Waals surface area contributed by atoms with Crippen LogP contribution < -0.4 is 0 Å². The van der Waals surface area contributed by atoms with Crippen LogP contribution in [0.2, 0.25) is 0 Å². The molecule has 0 amide bonds. The van der Waals surface area contributed by atoms with Gasteiger partial charge in [0, 0.05) is 45.4 Å². The van der Waals surface area contributed by atoms with E-state index < -0.39 is 0 Å². The molecule has 1 aliphatic rings. The van der Waals surface area contributed by atoms with Gasteiger partial charge in [0.25, 0.3) is 0 Å². The Morgan fingerprint density at radius 3 is 2.27 bits per heavy atom. The molecule has 0 saturated carbocycles. The Labute approximate surface area is 231 Å². The summed E-state index contributed by atoms with van der Waals surface area (Å²) >= 11 is 0. The molecule has 0 unspecified atom stereocenters. The Morgan fingerprint density at radius 1 is 0.700 bits per heavy atom. The minimum atomic E-state index is 0.264. The van der Waals surface area contributed by atoms with Gasteiger partial charge in [-0.25, -0.2) is 15.0 Å². The summed E-state index contributed by atoms with van der Waals surface area (Å²) in [7, 11) is 0. The molecular formula is C34H30N6. The van der Waals surface area contributed by atoms with Crippen LogP contribution in [0.1, 0.15) is 62.4 Å². The van der Waals surface area contributed by atoms with E-state index in [1.165, 1.54) is 38.7 Å². The molecule has 3 heterocycles. The SMILES string of the molecule is CC(C)c1nc2c3ccc(-c4ccc5c6c(ccc5c4)-c4nc(C(C)C)[nH]c4CC6)cc3c3c[nH]ncc3c2n1. The Hall–Kier alpha value is -4.58. The summed E-state index contributed by atoms with van der Waals surface area (Å²) in [6.07, 6.45) is 5.88. The third-order valence-electron chi connectivity index (χ3n) is 8.47. The van der Waals surface area contributed by atoms with Crippen molar-refractivity contribution in [3.8, 4) is 22.4 Å². The summed E-state index contributed by atoms with van der Waals surface area (Å²) in [6.45, 7) is 8.65. The third-order valence-corrected chi connectivity index (χ3v) is 8.47. The molecule has 0 saturated heterocycles. The second-order valence-electron chi connectivity index (χ2n) is 11.7. The molecule has 196 valence electrons. The average molecular weight is 523 g/mol. The Kier molecular flexibility index (Phi) is 4.93. The van der Waals surface area contributed by atoms with E-state index >= 15 is 0 Å². The Morgan fingerprint density at radius 2 is 1.48 bits per heavy atom. The number of H-pyrrole nitrogens is 2. The number of nitrogens with one attached hydrogen (secondary N) is 2. The molecule has 2 N–H and O–H groups in total. The Balaban J connectivity index is 1.28. The molecule has 0 bridgehead atoms. The number of rotatable bonds is 3. The van der Waals surface area contributed by atoms with Crippen LogP contribution in [0.15, 0.2) is 60.9 Å². The van der Waals surface area contributed by atoms with Gasteiger partial charge < -0.3 is 4.98 Å². The molecule has 3 aromatic heterocycles. The van der Waals surface area contributed by atoms with Crippen molar-refractivity contribution in [2.24, 2.45) is 0 Å². The fourth-order valence-electron chi connectivity index (χ4n) is 6.33. The highest BCUT2D eigenvalue weighted by Crippen LogP contribution is 2.40. The fourth-order valence-corrected chi connectivity index (χ4v) is 6.33. The van der Waals surface area contributed by atoms with Crippen LogP contribution in [0.4, 0.5) is 0 Å². The van der Waals surface area contributed by atoms with Crippen molar-refractivity contribution in [2.45, 2.75) is 52.4 Å². The van der Waals surface area contributed by atoms with Gasteiger partial charge in [-0.3, -0.25) is 5.10 Å². The van der Waals surface area contributed by atoms with E-state index in [0.717, 1.165) is 62.8 Å². The van der Waals surface area contributed by atoms with Crippen LogP contribution in [-0.4, -0.2) is 30.1 Å². The van der Waals surface area contributed by atoms with Crippen LogP contribution in [0.25, 0.3) is 65.7 Å². The van der Waals surface area contributed by atoms with Crippen LogP contribution >= 0.6 is 0 Å². The largest absolute Gasteiger partial charge is 0.345 e. The van der Waals surface area contributed by atoms with Gasteiger partial charge in [0.2, 0.25) is 0 Å². The lowest BCUT2D eigenvalue weighted by Gasteiger charge is -2.18. The molecule has 0 radical (unpaired) electrons. The molecule has 6 nitrogen and oxygen atoms in total. The van der Waals surface area contributed by atoms with E-state index in [9.17, 15) is 0 Å². The summed E-state index contributed by atoms with van der Waals surface area (Å²) in [5, 5.41) is 14.3. The second-order valence-corrected chi connectivity index (χ2v) is 11.7. The van der Waals surface area contributed by atoms with Gasteiger partial charge >= 0.3 is 0 Å². The smallest absolute Gasteiger partial charge is 0.132 e. The van der Waals surface area contributed by atoms with E-state index in [1.54, 1.807) is 0 Å². The molecule has 0 atom stereocenters. The van der Waals surface area contributed by atoms with E-state index in [1.807, 2.05) is 12.4 Å². The first kappa shape index (κ1) is 23.3. The van der Waals surface area contributed by atoms with Gasteiger partial charge in [0.15, 0.2) is 0 Å². The molecule has 0 aliphatic heterocycles. The molecule has 40 heavy (non-hydrogen) atoms. The minimum absolute atomic E-state index is 0.264. The molecule has 7 aromatic rings. The standard InChI is InChI=1S/C34H30N6/c1-17(2)33-37-29-12-11-23-22-8-5-19(13-21(22)7-10-24(23)30(29)38-33)20-6-9-25-26(14-20)27-15-35-36-16-28(27)32-31(25)39-34(40-32)18(3)4/h5-10,13-18,35H,11-12H2,1-4H3,(H,37,38). The highest BCUT2D eigenvalue weighted by Gasteiger charge is 2.23. The molecule has 0 spiro atoms. The van der Waals surface area contributed by atoms with Gasteiger partial charge in [-0.2, -0.15) is 5.10 Å².